The Labute approximate surface area is 206 Å². The lowest BCUT2D eigenvalue weighted by molar-refractivity contribution is -0.128. The summed E-state index contributed by atoms with van der Waals surface area (Å²) in [7, 11) is 1.52. The van der Waals surface area contributed by atoms with Crippen molar-refractivity contribution in [2.24, 2.45) is 0 Å². The molecule has 1 amide bonds. The van der Waals surface area contributed by atoms with Crippen LogP contribution in [0.25, 0.3) is 16.6 Å². The second kappa shape index (κ2) is 11.6. The number of hydrogen-bond donors (Lipinski definition) is 0. The summed E-state index contributed by atoms with van der Waals surface area (Å²) in [4.78, 5) is 32.6. The van der Waals surface area contributed by atoms with Crippen LogP contribution in [0.3, 0.4) is 0 Å². The van der Waals surface area contributed by atoms with E-state index in [9.17, 15) is 9.59 Å². The van der Waals surface area contributed by atoms with Gasteiger partial charge in [-0.15, -0.1) is 0 Å². The van der Waals surface area contributed by atoms with Gasteiger partial charge in [-0.3, -0.25) is 14.2 Å². The van der Waals surface area contributed by atoms with Gasteiger partial charge in [0, 0.05) is 18.1 Å². The number of nitriles is 2. The fourth-order valence-electron chi connectivity index (χ4n) is 3.37. The van der Waals surface area contributed by atoms with Gasteiger partial charge in [-0.05, 0) is 42.8 Å². The third-order valence-corrected chi connectivity index (χ3v) is 6.20. The first-order valence-electron chi connectivity index (χ1n) is 10.4. The molecular weight excluding hydrogens is 474 g/mol. The van der Waals surface area contributed by atoms with Crippen molar-refractivity contribution in [1.82, 2.24) is 14.5 Å². The second-order valence-electron chi connectivity index (χ2n) is 7.36. The number of aromatic nitrogens is 2. The maximum atomic E-state index is 13.5. The van der Waals surface area contributed by atoms with E-state index in [-0.39, 0.29) is 43.2 Å². The minimum absolute atomic E-state index is 0.0243. The molecular formula is C24H22ClN5O3S. The average Bonchev–Trinajstić information content (AvgIpc) is 2.82. The normalized spacial score (nSPS) is 10.5. The topological polar surface area (TPSA) is 112 Å². The van der Waals surface area contributed by atoms with Crippen LogP contribution in [0.5, 0.6) is 5.75 Å². The minimum Gasteiger partial charge on any atom is -0.495 e. The van der Waals surface area contributed by atoms with Crippen molar-refractivity contribution in [2.45, 2.75) is 24.9 Å². The number of thioether (sulfide) groups is 1. The number of carbonyl (C=O) groups excluding carboxylic acids is 1. The highest BCUT2D eigenvalue weighted by Gasteiger charge is 2.20. The minimum atomic E-state index is -0.314. The molecule has 3 rings (SSSR count). The molecule has 10 heteroatoms. The molecule has 0 N–H and O–H groups in total. The highest BCUT2D eigenvalue weighted by Crippen LogP contribution is 2.29. The van der Waals surface area contributed by atoms with E-state index < -0.39 is 0 Å². The van der Waals surface area contributed by atoms with Crippen molar-refractivity contribution in [3.05, 3.63) is 57.3 Å². The predicted octanol–water partition coefficient (Wildman–Crippen LogP) is 4.10. The summed E-state index contributed by atoms with van der Waals surface area (Å²) in [6.07, 6.45) is 0.333. The summed E-state index contributed by atoms with van der Waals surface area (Å²) in [5, 5.41) is 18.9. The number of fused-ring (bicyclic) bond motifs is 1. The molecule has 0 atom stereocenters. The van der Waals surface area contributed by atoms with Gasteiger partial charge in [-0.25, -0.2) is 4.98 Å². The number of halogens is 1. The van der Waals surface area contributed by atoms with Gasteiger partial charge >= 0.3 is 0 Å². The largest absolute Gasteiger partial charge is 0.495 e. The van der Waals surface area contributed by atoms with Gasteiger partial charge in [0.05, 0.1) is 54.4 Å². The van der Waals surface area contributed by atoms with Gasteiger partial charge in [0.2, 0.25) is 5.91 Å². The molecule has 0 aliphatic rings. The summed E-state index contributed by atoms with van der Waals surface area (Å²) in [6.45, 7) is 2.37. The number of rotatable bonds is 9. The number of hydrogen-bond acceptors (Lipinski definition) is 7. The Morgan fingerprint density at radius 3 is 2.53 bits per heavy atom. The lowest BCUT2D eigenvalue weighted by Crippen LogP contribution is -2.34. The van der Waals surface area contributed by atoms with E-state index in [4.69, 9.17) is 26.9 Å². The lowest BCUT2D eigenvalue weighted by Gasteiger charge is -2.21. The van der Waals surface area contributed by atoms with E-state index in [2.05, 4.69) is 4.98 Å². The third kappa shape index (κ3) is 5.69. The summed E-state index contributed by atoms with van der Waals surface area (Å²) >= 11 is 7.23. The molecule has 0 saturated carbocycles. The van der Waals surface area contributed by atoms with Crippen LogP contribution < -0.4 is 10.3 Å². The lowest BCUT2D eigenvalue weighted by atomic mass is 10.2. The van der Waals surface area contributed by atoms with E-state index in [1.807, 2.05) is 31.2 Å². The maximum Gasteiger partial charge on any atom is 0.266 e. The molecule has 0 aliphatic heterocycles. The number of methoxy groups -OCH3 is 1. The van der Waals surface area contributed by atoms with Crippen LogP contribution in [0.2, 0.25) is 5.02 Å². The standard InChI is InChI=1S/C24H22ClN5O3S/c1-16-5-8-21(33-2)20(13-16)30-23(32)18-7-6-17(25)14-19(18)28-24(30)34-15-22(31)29(11-3-9-26)12-4-10-27/h5-8,13-14H,3-4,11-12,15H2,1-2H3. The smallest absolute Gasteiger partial charge is 0.266 e. The first kappa shape index (κ1) is 25.1. The van der Waals surface area contributed by atoms with Crippen molar-refractivity contribution in [3.8, 4) is 23.6 Å². The quantitative estimate of drug-likeness (QED) is 0.324. The summed E-state index contributed by atoms with van der Waals surface area (Å²) in [6, 6.07) is 14.4. The molecule has 3 aromatic rings. The number of benzene rings is 2. The summed E-state index contributed by atoms with van der Waals surface area (Å²) < 4.78 is 6.93. The van der Waals surface area contributed by atoms with Gasteiger partial charge < -0.3 is 9.64 Å². The number of nitrogens with zero attached hydrogens (tertiary/aromatic N) is 5. The summed E-state index contributed by atoms with van der Waals surface area (Å²) in [5.74, 6) is 0.211. The molecule has 1 aromatic heterocycles. The number of ether oxygens (including phenoxy) is 1. The molecule has 0 fully saturated rings. The fraction of sp³-hybridized carbons (Fsp3) is 0.292. The second-order valence-corrected chi connectivity index (χ2v) is 8.74. The van der Waals surface area contributed by atoms with Crippen molar-refractivity contribution in [2.75, 3.05) is 26.0 Å². The Morgan fingerprint density at radius 2 is 1.88 bits per heavy atom. The van der Waals surface area contributed by atoms with Crippen LogP contribution in [0.4, 0.5) is 0 Å². The average molecular weight is 496 g/mol. The molecule has 1 heterocycles. The Hall–Kier alpha value is -3.53. The van der Waals surface area contributed by atoms with Crippen molar-refractivity contribution >= 4 is 40.2 Å². The van der Waals surface area contributed by atoms with Crippen molar-refractivity contribution in [3.63, 3.8) is 0 Å². The van der Waals surface area contributed by atoms with E-state index in [1.165, 1.54) is 16.6 Å². The van der Waals surface area contributed by atoms with E-state index >= 15 is 0 Å². The molecule has 0 saturated heterocycles. The number of amides is 1. The molecule has 34 heavy (non-hydrogen) atoms. The first-order valence-corrected chi connectivity index (χ1v) is 11.8. The molecule has 174 valence electrons. The van der Waals surface area contributed by atoms with Gasteiger partial charge in [-0.1, -0.05) is 29.4 Å². The number of carbonyl (C=O) groups is 1. The van der Waals surface area contributed by atoms with Gasteiger partial charge in [-0.2, -0.15) is 10.5 Å². The molecule has 0 spiro atoms. The van der Waals surface area contributed by atoms with Gasteiger partial charge in [0.1, 0.15) is 5.75 Å². The monoisotopic (exact) mass is 495 g/mol. The van der Waals surface area contributed by atoms with Crippen LogP contribution in [-0.4, -0.2) is 46.3 Å². The molecule has 8 nitrogen and oxygen atoms in total. The fourth-order valence-corrected chi connectivity index (χ4v) is 4.45. The van der Waals surface area contributed by atoms with Crippen LogP contribution in [0.1, 0.15) is 18.4 Å². The Morgan fingerprint density at radius 1 is 1.18 bits per heavy atom. The molecule has 0 radical (unpaired) electrons. The molecule has 0 aliphatic carbocycles. The molecule has 2 aromatic carbocycles. The zero-order valence-corrected chi connectivity index (χ0v) is 20.3. The SMILES string of the molecule is COc1ccc(C)cc1-n1c(SCC(=O)N(CCC#N)CCC#N)nc2cc(Cl)ccc2c1=O. The van der Waals surface area contributed by atoms with E-state index in [0.29, 0.717) is 32.5 Å². The highest BCUT2D eigenvalue weighted by molar-refractivity contribution is 7.99. The van der Waals surface area contributed by atoms with Crippen LogP contribution in [-0.2, 0) is 4.79 Å². The van der Waals surface area contributed by atoms with Crippen LogP contribution in [0.15, 0.2) is 46.3 Å². The van der Waals surface area contributed by atoms with E-state index in [1.54, 1.807) is 24.3 Å². The maximum absolute atomic E-state index is 13.5. The van der Waals surface area contributed by atoms with Crippen LogP contribution in [0, 0.1) is 29.6 Å². The Kier molecular flexibility index (Phi) is 8.53. The van der Waals surface area contributed by atoms with Crippen LogP contribution >= 0.6 is 23.4 Å². The molecule has 0 unspecified atom stereocenters. The third-order valence-electron chi connectivity index (χ3n) is 5.04. The van der Waals surface area contributed by atoms with E-state index in [0.717, 1.165) is 17.3 Å². The Bertz CT molecular complexity index is 1340. The van der Waals surface area contributed by atoms with Crippen molar-refractivity contribution < 1.29 is 9.53 Å². The van der Waals surface area contributed by atoms with Gasteiger partial charge in [0.15, 0.2) is 5.16 Å². The zero-order chi connectivity index (χ0) is 24.7. The zero-order valence-electron chi connectivity index (χ0n) is 18.7. The van der Waals surface area contributed by atoms with Crippen molar-refractivity contribution in [1.29, 1.82) is 10.5 Å². The predicted molar refractivity (Wildman–Crippen MR) is 131 cm³/mol. The Balaban J connectivity index is 2.07. The highest BCUT2D eigenvalue weighted by atomic mass is 35.5. The summed E-state index contributed by atoms with van der Waals surface area (Å²) in [5.41, 5.74) is 1.54. The molecule has 0 bridgehead atoms. The first-order chi connectivity index (χ1) is 16.4. The number of aryl methyl sites for hydroxylation is 1. The van der Waals surface area contributed by atoms with Gasteiger partial charge in [0.25, 0.3) is 5.56 Å².